The number of fused-ring (bicyclic) bond motifs is 1. The number of rotatable bonds is 8. The first-order valence-electron chi connectivity index (χ1n) is 12.4. The van der Waals surface area contributed by atoms with E-state index in [4.69, 9.17) is 11.6 Å². The van der Waals surface area contributed by atoms with Gasteiger partial charge in [0.2, 0.25) is 17.6 Å². The van der Waals surface area contributed by atoms with E-state index >= 15 is 0 Å². The summed E-state index contributed by atoms with van der Waals surface area (Å²) in [6, 6.07) is 11.2. The Bertz CT molecular complexity index is 1640. The SMILES string of the molecule is CC(=O)c1nn(CC(=O)N(CC(=O)NCc2cccc(Cl)c2F)C(C)C)c2ccc(C#Cc3ncccn3)cc12. The Labute approximate surface area is 235 Å². The molecular weight excluding hydrogens is 535 g/mol. The molecule has 0 radical (unpaired) electrons. The summed E-state index contributed by atoms with van der Waals surface area (Å²) in [4.78, 5) is 47.8. The minimum Gasteiger partial charge on any atom is -0.350 e. The summed E-state index contributed by atoms with van der Waals surface area (Å²) in [7, 11) is 0. The van der Waals surface area contributed by atoms with Gasteiger partial charge in [-0.3, -0.25) is 19.1 Å². The molecule has 0 saturated heterocycles. The summed E-state index contributed by atoms with van der Waals surface area (Å²) in [5.74, 6) is 4.53. The second-order valence-corrected chi connectivity index (χ2v) is 9.63. The standard InChI is InChI=1S/C29H26ClFN6O3/c1-18(2)36(16-26(39)34-15-21-6-4-7-23(30)28(21)31)27(40)17-37-24-10-8-20(9-11-25-32-12-5-13-33-25)14-22(24)29(35-37)19(3)38/h4-8,10,12-14,18H,15-17H2,1-3H3,(H,34,39). The predicted molar refractivity (Wildman–Crippen MR) is 148 cm³/mol. The number of hydrogen-bond donors (Lipinski definition) is 1. The highest BCUT2D eigenvalue weighted by molar-refractivity contribution is 6.30. The van der Waals surface area contributed by atoms with E-state index in [1.807, 2.05) is 0 Å². The lowest BCUT2D eigenvalue weighted by Gasteiger charge is -2.26. The van der Waals surface area contributed by atoms with E-state index in [-0.39, 0.29) is 53.6 Å². The van der Waals surface area contributed by atoms with Gasteiger partial charge in [0.25, 0.3) is 0 Å². The minimum atomic E-state index is -0.601. The maximum Gasteiger partial charge on any atom is 0.245 e. The molecule has 0 aliphatic heterocycles. The van der Waals surface area contributed by atoms with Crippen LogP contribution in [0.1, 0.15) is 48.2 Å². The van der Waals surface area contributed by atoms with Gasteiger partial charge in [-0.1, -0.05) is 29.7 Å². The third-order valence-corrected chi connectivity index (χ3v) is 6.31. The summed E-state index contributed by atoms with van der Waals surface area (Å²) >= 11 is 5.80. The molecule has 9 nitrogen and oxygen atoms in total. The van der Waals surface area contributed by atoms with Crippen molar-refractivity contribution < 1.29 is 18.8 Å². The van der Waals surface area contributed by atoms with Crippen LogP contribution >= 0.6 is 11.6 Å². The number of amides is 2. The summed E-state index contributed by atoms with van der Waals surface area (Å²) in [5, 5.41) is 7.54. The summed E-state index contributed by atoms with van der Waals surface area (Å²) in [6.45, 7) is 4.47. The maximum atomic E-state index is 14.2. The Balaban J connectivity index is 1.51. The number of hydrogen-bond acceptors (Lipinski definition) is 6. The van der Waals surface area contributed by atoms with Gasteiger partial charge < -0.3 is 10.2 Å². The number of ketones is 1. The van der Waals surface area contributed by atoms with E-state index in [1.165, 1.54) is 28.6 Å². The van der Waals surface area contributed by atoms with Gasteiger partial charge in [0.15, 0.2) is 5.78 Å². The highest BCUT2D eigenvalue weighted by Gasteiger charge is 2.23. The Hall–Kier alpha value is -4.62. The molecule has 2 aromatic heterocycles. The molecule has 2 amide bonds. The third-order valence-electron chi connectivity index (χ3n) is 6.02. The van der Waals surface area contributed by atoms with E-state index in [9.17, 15) is 18.8 Å². The molecule has 0 aliphatic carbocycles. The monoisotopic (exact) mass is 560 g/mol. The van der Waals surface area contributed by atoms with Crippen LogP contribution < -0.4 is 5.32 Å². The van der Waals surface area contributed by atoms with Crippen LogP contribution in [0.3, 0.4) is 0 Å². The Morgan fingerprint density at radius 3 is 2.55 bits per heavy atom. The molecule has 11 heteroatoms. The number of nitrogens with zero attached hydrogens (tertiary/aromatic N) is 5. The van der Waals surface area contributed by atoms with Crippen molar-refractivity contribution in [1.29, 1.82) is 0 Å². The van der Waals surface area contributed by atoms with Gasteiger partial charge in [0.05, 0.1) is 17.1 Å². The molecule has 1 N–H and O–H groups in total. The summed E-state index contributed by atoms with van der Waals surface area (Å²) in [6.07, 6.45) is 3.19. The molecule has 0 fully saturated rings. The van der Waals surface area contributed by atoms with Crippen molar-refractivity contribution in [3.8, 4) is 11.8 Å². The van der Waals surface area contributed by atoms with Gasteiger partial charge in [-0.2, -0.15) is 5.10 Å². The number of aromatic nitrogens is 4. The van der Waals surface area contributed by atoms with E-state index in [2.05, 4.69) is 32.2 Å². The summed E-state index contributed by atoms with van der Waals surface area (Å²) in [5.41, 5.74) is 1.65. The topological polar surface area (TPSA) is 110 Å². The Morgan fingerprint density at radius 2 is 1.85 bits per heavy atom. The van der Waals surface area contributed by atoms with Gasteiger partial charge in [0.1, 0.15) is 18.1 Å². The molecule has 0 atom stereocenters. The average Bonchev–Trinajstić information content (AvgIpc) is 3.29. The quantitative estimate of drug-likeness (QED) is 0.259. The Kier molecular flexibility index (Phi) is 8.86. The van der Waals surface area contributed by atoms with Crippen molar-refractivity contribution in [2.45, 2.75) is 39.9 Å². The number of halogens is 2. The molecular formula is C29H26ClFN6O3. The lowest BCUT2D eigenvalue weighted by atomic mass is 10.1. The lowest BCUT2D eigenvalue weighted by Crippen LogP contribution is -2.45. The first kappa shape index (κ1) is 28.4. The highest BCUT2D eigenvalue weighted by Crippen LogP contribution is 2.22. The van der Waals surface area contributed by atoms with Crippen molar-refractivity contribution >= 4 is 40.1 Å². The highest BCUT2D eigenvalue weighted by atomic mass is 35.5. The molecule has 0 aliphatic rings. The molecule has 4 aromatic rings. The van der Waals surface area contributed by atoms with Gasteiger partial charge in [0, 0.05) is 48.4 Å². The van der Waals surface area contributed by atoms with Crippen molar-refractivity contribution in [1.82, 2.24) is 30.0 Å². The van der Waals surface area contributed by atoms with Crippen LogP contribution in [0.2, 0.25) is 5.02 Å². The van der Waals surface area contributed by atoms with Crippen molar-refractivity contribution in [2.75, 3.05) is 6.54 Å². The van der Waals surface area contributed by atoms with Crippen LogP contribution in [0.5, 0.6) is 0 Å². The molecule has 0 spiro atoms. The van der Waals surface area contributed by atoms with Crippen LogP contribution in [-0.2, 0) is 22.7 Å². The third kappa shape index (κ3) is 6.68. The first-order chi connectivity index (χ1) is 19.1. The normalized spacial score (nSPS) is 10.8. The minimum absolute atomic E-state index is 0.0357. The van der Waals surface area contributed by atoms with E-state index in [0.717, 1.165) is 0 Å². The number of nitrogens with one attached hydrogen (secondary N) is 1. The van der Waals surface area contributed by atoms with E-state index in [1.54, 1.807) is 56.6 Å². The smallest absolute Gasteiger partial charge is 0.245 e. The van der Waals surface area contributed by atoms with E-state index < -0.39 is 11.7 Å². The largest absolute Gasteiger partial charge is 0.350 e. The van der Waals surface area contributed by atoms with Gasteiger partial charge in [-0.05, 0) is 50.1 Å². The second-order valence-electron chi connectivity index (χ2n) is 9.22. The molecule has 0 bridgehead atoms. The molecule has 40 heavy (non-hydrogen) atoms. The van der Waals surface area contributed by atoms with Gasteiger partial charge in [-0.25, -0.2) is 14.4 Å². The zero-order valence-electron chi connectivity index (χ0n) is 22.1. The van der Waals surface area contributed by atoms with Crippen LogP contribution in [0.25, 0.3) is 10.9 Å². The fourth-order valence-corrected chi connectivity index (χ4v) is 4.19. The van der Waals surface area contributed by atoms with Crippen LogP contribution in [0, 0.1) is 17.7 Å². The van der Waals surface area contributed by atoms with Gasteiger partial charge in [-0.15, -0.1) is 0 Å². The van der Waals surface area contributed by atoms with Crippen molar-refractivity contribution in [3.63, 3.8) is 0 Å². The fraction of sp³-hybridized carbons (Fsp3) is 0.241. The summed E-state index contributed by atoms with van der Waals surface area (Å²) < 4.78 is 15.6. The lowest BCUT2D eigenvalue weighted by molar-refractivity contribution is -0.138. The van der Waals surface area contributed by atoms with Crippen LogP contribution in [0.15, 0.2) is 54.9 Å². The molecule has 0 saturated carbocycles. The van der Waals surface area contributed by atoms with E-state index in [0.29, 0.717) is 22.3 Å². The molecule has 0 unspecified atom stereocenters. The molecule has 2 aromatic carbocycles. The van der Waals surface area contributed by atoms with Crippen LogP contribution in [0.4, 0.5) is 4.39 Å². The zero-order chi connectivity index (χ0) is 28.8. The average molecular weight is 561 g/mol. The maximum absolute atomic E-state index is 14.2. The fourth-order valence-electron chi connectivity index (χ4n) is 4.00. The molecule has 2 heterocycles. The van der Waals surface area contributed by atoms with Gasteiger partial charge >= 0.3 is 0 Å². The molecule has 204 valence electrons. The zero-order valence-corrected chi connectivity index (χ0v) is 22.9. The number of benzene rings is 2. The predicted octanol–water partition coefficient (Wildman–Crippen LogP) is 3.77. The number of Topliss-reactive ketones (excluding diaryl/α,β-unsaturated/α-hetero) is 1. The first-order valence-corrected chi connectivity index (χ1v) is 12.8. The number of carbonyl (C=O) groups is 3. The van der Waals surface area contributed by atoms with Crippen LogP contribution in [-0.4, -0.2) is 54.8 Å². The number of carbonyl (C=O) groups excluding carboxylic acids is 3. The molecule has 4 rings (SSSR count). The van der Waals surface area contributed by atoms with Crippen molar-refractivity contribution in [3.05, 3.63) is 88.3 Å². The second kappa shape index (κ2) is 12.5. The Morgan fingerprint density at radius 1 is 1.10 bits per heavy atom. The van der Waals surface area contributed by atoms with Crippen molar-refractivity contribution in [2.24, 2.45) is 0 Å².